The van der Waals surface area contributed by atoms with Crippen LogP contribution in [0.1, 0.15) is 57.1 Å². The highest BCUT2D eigenvalue weighted by Crippen LogP contribution is 2.41. The molecule has 0 bridgehead atoms. The molecule has 0 N–H and O–H groups in total. The third-order valence-corrected chi connectivity index (χ3v) is 6.03. The Balaban J connectivity index is 1.60. The first-order chi connectivity index (χ1) is 15.0. The molecule has 1 aliphatic carbocycles. The third kappa shape index (κ3) is 3.69. The third-order valence-electron chi connectivity index (χ3n) is 6.03. The fraction of sp³-hybridized carbons (Fsp3) is 0.417. The van der Waals surface area contributed by atoms with Crippen LogP contribution in [0.3, 0.4) is 0 Å². The van der Waals surface area contributed by atoms with Crippen LogP contribution in [-0.2, 0) is 6.42 Å². The summed E-state index contributed by atoms with van der Waals surface area (Å²) in [6, 6.07) is 3.65. The number of Topliss-reactive ketones (excluding diaryl/α,β-unsaturated/α-hetero) is 1. The van der Waals surface area contributed by atoms with Gasteiger partial charge < -0.3 is 23.5 Å². The quantitative estimate of drug-likeness (QED) is 0.719. The number of methoxy groups -OCH3 is 3. The van der Waals surface area contributed by atoms with Gasteiger partial charge >= 0.3 is 0 Å². The summed E-state index contributed by atoms with van der Waals surface area (Å²) in [6.07, 6.45) is 4.65. The van der Waals surface area contributed by atoms with E-state index in [2.05, 4.69) is 0 Å². The van der Waals surface area contributed by atoms with Crippen LogP contribution in [0.5, 0.6) is 17.2 Å². The molecule has 0 fully saturated rings. The van der Waals surface area contributed by atoms with E-state index in [1.165, 1.54) is 0 Å². The van der Waals surface area contributed by atoms with E-state index >= 15 is 0 Å². The molecule has 1 amide bonds. The molecule has 0 spiro atoms. The van der Waals surface area contributed by atoms with Gasteiger partial charge in [-0.2, -0.15) is 0 Å². The van der Waals surface area contributed by atoms with E-state index < -0.39 is 0 Å². The van der Waals surface area contributed by atoms with Crippen LogP contribution < -0.4 is 14.2 Å². The number of furan rings is 1. The molecule has 0 saturated heterocycles. The highest BCUT2D eigenvalue weighted by Gasteiger charge is 2.31. The minimum Gasteiger partial charge on any atom is -0.496 e. The summed E-state index contributed by atoms with van der Waals surface area (Å²) in [4.78, 5) is 27.1. The lowest BCUT2D eigenvalue weighted by Crippen LogP contribution is -2.34. The summed E-state index contributed by atoms with van der Waals surface area (Å²) in [6.45, 7) is 2.77. The maximum absolute atomic E-state index is 13.1. The summed E-state index contributed by atoms with van der Waals surface area (Å²) in [7, 11) is 4.82. The number of ketones is 1. The summed E-state index contributed by atoms with van der Waals surface area (Å²) >= 11 is 0. The lowest BCUT2D eigenvalue weighted by Gasteiger charge is -2.27. The average Bonchev–Trinajstić information content (AvgIpc) is 3.15. The van der Waals surface area contributed by atoms with Gasteiger partial charge in [0.1, 0.15) is 23.0 Å². The van der Waals surface area contributed by atoms with Crippen LogP contribution >= 0.6 is 0 Å². The maximum Gasteiger partial charge on any atom is 0.290 e. The number of hydrogen-bond acceptors (Lipinski definition) is 6. The first-order valence-electron chi connectivity index (χ1n) is 10.4. The van der Waals surface area contributed by atoms with Crippen molar-refractivity contribution < 1.29 is 28.2 Å². The monoisotopic (exact) mass is 425 g/mol. The van der Waals surface area contributed by atoms with E-state index in [4.69, 9.17) is 18.6 Å². The van der Waals surface area contributed by atoms with E-state index in [0.29, 0.717) is 66.5 Å². The Morgan fingerprint density at radius 1 is 1.00 bits per heavy atom. The minimum atomic E-state index is -0.177. The van der Waals surface area contributed by atoms with Gasteiger partial charge in [0.2, 0.25) is 0 Å². The molecule has 2 aliphatic rings. The number of ether oxygens (including phenoxy) is 3. The van der Waals surface area contributed by atoms with Gasteiger partial charge in [-0.3, -0.25) is 9.59 Å². The molecule has 164 valence electrons. The maximum atomic E-state index is 13.1. The molecule has 7 nitrogen and oxygen atoms in total. The molecule has 0 radical (unpaired) electrons. The van der Waals surface area contributed by atoms with Crippen molar-refractivity contribution in [2.45, 2.75) is 32.6 Å². The molecule has 1 aromatic heterocycles. The Morgan fingerprint density at radius 3 is 2.26 bits per heavy atom. The van der Waals surface area contributed by atoms with Crippen molar-refractivity contribution in [3.63, 3.8) is 0 Å². The molecule has 7 heteroatoms. The van der Waals surface area contributed by atoms with Gasteiger partial charge in [0, 0.05) is 43.6 Å². The number of aryl methyl sites for hydroxylation is 1. The number of nitrogens with zero attached hydrogens (tertiary/aromatic N) is 1. The topological polar surface area (TPSA) is 78.2 Å². The Morgan fingerprint density at radius 2 is 1.71 bits per heavy atom. The molecule has 1 aliphatic heterocycles. The first-order valence-corrected chi connectivity index (χ1v) is 10.4. The zero-order valence-electron chi connectivity index (χ0n) is 18.4. The summed E-state index contributed by atoms with van der Waals surface area (Å²) in [5.74, 6) is 2.81. The van der Waals surface area contributed by atoms with Gasteiger partial charge in [-0.15, -0.1) is 0 Å². The van der Waals surface area contributed by atoms with Crippen LogP contribution in [0.25, 0.3) is 5.57 Å². The smallest absolute Gasteiger partial charge is 0.290 e. The van der Waals surface area contributed by atoms with Crippen molar-refractivity contribution in [3.8, 4) is 17.2 Å². The number of fused-ring (bicyclic) bond motifs is 1. The van der Waals surface area contributed by atoms with Crippen LogP contribution in [0.2, 0.25) is 0 Å². The Bertz CT molecular complexity index is 1040. The van der Waals surface area contributed by atoms with Gasteiger partial charge in [-0.25, -0.2) is 0 Å². The van der Waals surface area contributed by atoms with Gasteiger partial charge in [-0.1, -0.05) is 6.08 Å². The van der Waals surface area contributed by atoms with Crippen LogP contribution in [-0.4, -0.2) is 51.0 Å². The zero-order valence-corrected chi connectivity index (χ0v) is 18.4. The average molecular weight is 425 g/mol. The molecule has 2 heterocycles. The Hall–Kier alpha value is -3.22. The van der Waals surface area contributed by atoms with Crippen molar-refractivity contribution in [2.75, 3.05) is 34.4 Å². The van der Waals surface area contributed by atoms with E-state index in [1.807, 2.05) is 18.2 Å². The van der Waals surface area contributed by atoms with Crippen molar-refractivity contribution in [1.82, 2.24) is 4.90 Å². The molecular weight excluding hydrogens is 398 g/mol. The van der Waals surface area contributed by atoms with E-state index in [-0.39, 0.29) is 17.5 Å². The fourth-order valence-electron chi connectivity index (χ4n) is 4.40. The second kappa shape index (κ2) is 8.49. The highest BCUT2D eigenvalue weighted by atomic mass is 16.5. The van der Waals surface area contributed by atoms with Gasteiger partial charge in [-0.05, 0) is 25.3 Å². The molecule has 31 heavy (non-hydrogen) atoms. The number of carbonyl (C=O) groups is 2. The second-order valence-corrected chi connectivity index (χ2v) is 7.77. The second-order valence-electron chi connectivity index (χ2n) is 7.77. The van der Waals surface area contributed by atoms with Gasteiger partial charge in [0.05, 0.1) is 32.5 Å². The number of benzene rings is 1. The van der Waals surface area contributed by atoms with Crippen molar-refractivity contribution in [3.05, 3.63) is 46.4 Å². The molecule has 0 unspecified atom stereocenters. The van der Waals surface area contributed by atoms with Crippen molar-refractivity contribution in [2.24, 2.45) is 0 Å². The summed E-state index contributed by atoms with van der Waals surface area (Å²) in [5.41, 5.74) is 3.19. The van der Waals surface area contributed by atoms with Crippen LogP contribution in [0.15, 0.2) is 22.6 Å². The normalized spacial score (nSPS) is 15.9. The lowest BCUT2D eigenvalue weighted by atomic mass is 9.93. The van der Waals surface area contributed by atoms with Gasteiger partial charge in [0.25, 0.3) is 5.91 Å². The van der Waals surface area contributed by atoms with Gasteiger partial charge in [0.15, 0.2) is 11.5 Å². The fourth-order valence-corrected chi connectivity index (χ4v) is 4.40. The van der Waals surface area contributed by atoms with Crippen molar-refractivity contribution in [1.29, 1.82) is 0 Å². The Kier molecular flexibility index (Phi) is 5.76. The first kappa shape index (κ1) is 21.0. The van der Waals surface area contributed by atoms with Crippen LogP contribution in [0.4, 0.5) is 0 Å². The SMILES string of the molecule is COc1cc(OC)c(C2=CCN(C(=O)c3oc4c(c3C)C(=O)CCC4)CC2)c(OC)c1. The van der Waals surface area contributed by atoms with E-state index in [1.54, 1.807) is 33.2 Å². The Labute approximate surface area is 181 Å². The predicted octanol–water partition coefficient (Wildman–Crippen LogP) is 4.06. The molecule has 4 rings (SSSR count). The largest absolute Gasteiger partial charge is 0.496 e. The molecule has 0 atom stereocenters. The zero-order chi connectivity index (χ0) is 22.1. The number of rotatable bonds is 5. The number of hydrogen-bond donors (Lipinski definition) is 0. The molecular formula is C24H27NO6. The van der Waals surface area contributed by atoms with E-state index in [0.717, 1.165) is 17.6 Å². The van der Waals surface area contributed by atoms with E-state index in [9.17, 15) is 9.59 Å². The standard InChI is InChI=1S/C24H27NO6/c1-14-21-17(26)6-5-7-18(21)31-23(14)24(27)25-10-8-15(9-11-25)22-19(29-3)12-16(28-2)13-20(22)30-4/h8,12-13H,5-7,9-11H2,1-4H3. The van der Waals surface area contributed by atoms with Crippen molar-refractivity contribution >= 4 is 17.3 Å². The molecule has 2 aromatic rings. The number of amides is 1. The molecule has 1 aromatic carbocycles. The summed E-state index contributed by atoms with van der Waals surface area (Å²) in [5, 5.41) is 0. The lowest BCUT2D eigenvalue weighted by molar-refractivity contribution is 0.0737. The minimum absolute atomic E-state index is 0.0704. The van der Waals surface area contributed by atoms with Crippen LogP contribution in [0, 0.1) is 6.92 Å². The molecule has 0 saturated carbocycles. The summed E-state index contributed by atoms with van der Waals surface area (Å²) < 4.78 is 22.3. The highest BCUT2D eigenvalue weighted by molar-refractivity contribution is 6.03. The predicted molar refractivity (Wildman–Crippen MR) is 115 cm³/mol. The number of carbonyl (C=O) groups excluding carboxylic acids is 2.